The van der Waals surface area contributed by atoms with Crippen LogP contribution in [0.2, 0.25) is 0 Å². The van der Waals surface area contributed by atoms with Gasteiger partial charge < -0.3 is 9.47 Å². The number of nitrogens with one attached hydrogen (secondary N) is 1. The number of hydrogen-bond donors (Lipinski definition) is 1. The van der Waals surface area contributed by atoms with Crippen molar-refractivity contribution in [1.82, 2.24) is 10.2 Å². The molecule has 0 atom stereocenters. The molecule has 0 spiro atoms. The monoisotopic (exact) mass is 244 g/mol. The number of nitrogens with zero attached hydrogens (tertiary/aromatic N) is 1. The van der Waals surface area contributed by atoms with Crippen molar-refractivity contribution in [3.8, 4) is 22.6 Å². The fraction of sp³-hybridized carbons (Fsp3) is 0.357. The molecule has 0 fully saturated rings. The molecule has 0 saturated carbocycles. The van der Waals surface area contributed by atoms with Crippen molar-refractivity contribution in [1.29, 1.82) is 0 Å². The number of benzene rings is 1. The van der Waals surface area contributed by atoms with E-state index in [9.17, 15) is 0 Å². The molecule has 0 unspecified atom stereocenters. The average molecular weight is 244 g/mol. The van der Waals surface area contributed by atoms with E-state index in [1.54, 1.807) is 0 Å². The summed E-state index contributed by atoms with van der Waals surface area (Å²) in [6.07, 6.45) is 1.86. The Labute approximate surface area is 106 Å². The van der Waals surface area contributed by atoms with E-state index >= 15 is 0 Å². The van der Waals surface area contributed by atoms with Crippen molar-refractivity contribution in [3.63, 3.8) is 0 Å². The van der Waals surface area contributed by atoms with Gasteiger partial charge in [0.25, 0.3) is 0 Å². The third-order valence-corrected chi connectivity index (χ3v) is 3.10. The highest BCUT2D eigenvalue weighted by Gasteiger charge is 2.15. The van der Waals surface area contributed by atoms with Gasteiger partial charge in [0.1, 0.15) is 13.2 Å². The first-order valence-corrected chi connectivity index (χ1v) is 6.19. The minimum atomic E-state index is 0.413. The molecular formula is C14H16N2O2. The van der Waals surface area contributed by atoms with Crippen molar-refractivity contribution < 1.29 is 9.47 Å². The van der Waals surface area contributed by atoms with E-state index in [1.165, 1.54) is 0 Å². The number of ether oxygens (including phenoxy) is 2. The SMILES string of the molecule is CC(C)c1[nH]ncc1-c1ccc2c(c1)OCCO2. The van der Waals surface area contributed by atoms with Gasteiger partial charge in [0.15, 0.2) is 11.5 Å². The highest BCUT2D eigenvalue weighted by Crippen LogP contribution is 2.36. The van der Waals surface area contributed by atoms with Gasteiger partial charge in [-0.3, -0.25) is 5.10 Å². The Bertz CT molecular complexity index is 561. The molecule has 0 bridgehead atoms. The molecule has 4 heteroatoms. The number of hydrogen-bond acceptors (Lipinski definition) is 3. The highest BCUT2D eigenvalue weighted by atomic mass is 16.6. The van der Waals surface area contributed by atoms with E-state index in [1.807, 2.05) is 24.4 Å². The van der Waals surface area contributed by atoms with E-state index in [2.05, 4.69) is 24.0 Å². The zero-order valence-corrected chi connectivity index (χ0v) is 10.6. The summed E-state index contributed by atoms with van der Waals surface area (Å²) in [7, 11) is 0. The lowest BCUT2D eigenvalue weighted by Gasteiger charge is -2.19. The number of rotatable bonds is 2. The molecule has 1 aromatic heterocycles. The van der Waals surface area contributed by atoms with Crippen molar-refractivity contribution in [2.75, 3.05) is 13.2 Å². The second-order valence-electron chi connectivity index (χ2n) is 4.71. The van der Waals surface area contributed by atoms with Crippen LogP contribution in [-0.2, 0) is 0 Å². The molecule has 0 radical (unpaired) electrons. The highest BCUT2D eigenvalue weighted by molar-refractivity contribution is 5.69. The number of aromatic nitrogens is 2. The minimum absolute atomic E-state index is 0.413. The standard InChI is InChI=1S/C14H16N2O2/c1-9(2)14-11(8-15-16-14)10-3-4-12-13(7-10)18-6-5-17-12/h3-4,7-9H,5-6H2,1-2H3,(H,15,16). The lowest BCUT2D eigenvalue weighted by atomic mass is 10.00. The topological polar surface area (TPSA) is 47.1 Å². The largest absolute Gasteiger partial charge is 0.486 e. The smallest absolute Gasteiger partial charge is 0.161 e. The number of fused-ring (bicyclic) bond motifs is 1. The molecule has 94 valence electrons. The predicted molar refractivity (Wildman–Crippen MR) is 69.1 cm³/mol. The predicted octanol–water partition coefficient (Wildman–Crippen LogP) is 2.97. The van der Waals surface area contributed by atoms with E-state index in [-0.39, 0.29) is 0 Å². The molecule has 0 saturated heterocycles. The fourth-order valence-electron chi connectivity index (χ4n) is 2.18. The summed E-state index contributed by atoms with van der Waals surface area (Å²) >= 11 is 0. The van der Waals surface area contributed by atoms with Crippen molar-refractivity contribution in [2.24, 2.45) is 0 Å². The molecule has 0 aliphatic carbocycles. The van der Waals surface area contributed by atoms with Gasteiger partial charge in [0.05, 0.1) is 6.20 Å². The molecule has 2 aromatic rings. The zero-order valence-electron chi connectivity index (χ0n) is 10.6. The summed E-state index contributed by atoms with van der Waals surface area (Å²) < 4.78 is 11.1. The van der Waals surface area contributed by atoms with Crippen molar-refractivity contribution >= 4 is 0 Å². The molecule has 0 amide bonds. The first-order chi connectivity index (χ1) is 8.75. The second-order valence-corrected chi connectivity index (χ2v) is 4.71. The van der Waals surface area contributed by atoms with E-state index < -0.39 is 0 Å². The van der Waals surface area contributed by atoms with Crippen LogP contribution in [-0.4, -0.2) is 23.4 Å². The Morgan fingerprint density at radius 3 is 2.72 bits per heavy atom. The zero-order chi connectivity index (χ0) is 12.5. The number of H-pyrrole nitrogens is 1. The van der Waals surface area contributed by atoms with Crippen LogP contribution >= 0.6 is 0 Å². The molecule has 3 rings (SSSR count). The van der Waals surface area contributed by atoms with Crippen LogP contribution in [0.1, 0.15) is 25.5 Å². The van der Waals surface area contributed by atoms with Gasteiger partial charge >= 0.3 is 0 Å². The van der Waals surface area contributed by atoms with E-state index in [4.69, 9.17) is 9.47 Å². The maximum Gasteiger partial charge on any atom is 0.161 e. The minimum Gasteiger partial charge on any atom is -0.486 e. The summed E-state index contributed by atoms with van der Waals surface area (Å²) in [5, 5.41) is 7.20. The maximum absolute atomic E-state index is 5.61. The second kappa shape index (κ2) is 4.37. The molecule has 1 aliphatic rings. The van der Waals surface area contributed by atoms with Crippen LogP contribution in [0.5, 0.6) is 11.5 Å². The van der Waals surface area contributed by atoms with E-state index in [0.29, 0.717) is 19.1 Å². The van der Waals surface area contributed by atoms with E-state index in [0.717, 1.165) is 28.3 Å². The maximum atomic E-state index is 5.61. The van der Waals surface area contributed by atoms with Gasteiger partial charge in [-0.05, 0) is 23.6 Å². The van der Waals surface area contributed by atoms with Gasteiger partial charge in [-0.2, -0.15) is 5.10 Å². The first kappa shape index (κ1) is 11.1. The quantitative estimate of drug-likeness (QED) is 0.883. The van der Waals surface area contributed by atoms with Gasteiger partial charge in [-0.15, -0.1) is 0 Å². The molecule has 1 aliphatic heterocycles. The lowest BCUT2D eigenvalue weighted by molar-refractivity contribution is 0.171. The molecule has 18 heavy (non-hydrogen) atoms. The van der Waals surface area contributed by atoms with Crippen LogP contribution in [0.4, 0.5) is 0 Å². The van der Waals surface area contributed by atoms with Crippen LogP contribution in [0.3, 0.4) is 0 Å². The van der Waals surface area contributed by atoms with Crippen LogP contribution in [0.25, 0.3) is 11.1 Å². The van der Waals surface area contributed by atoms with Crippen LogP contribution in [0, 0.1) is 0 Å². The van der Waals surface area contributed by atoms with Gasteiger partial charge in [-0.1, -0.05) is 19.9 Å². The van der Waals surface area contributed by atoms with Crippen LogP contribution < -0.4 is 9.47 Å². The number of aromatic amines is 1. The van der Waals surface area contributed by atoms with Gasteiger partial charge in [0.2, 0.25) is 0 Å². The Kier molecular flexibility index (Phi) is 2.70. The molecular weight excluding hydrogens is 228 g/mol. The Hall–Kier alpha value is -1.97. The Balaban J connectivity index is 2.04. The van der Waals surface area contributed by atoms with Crippen LogP contribution in [0.15, 0.2) is 24.4 Å². The summed E-state index contributed by atoms with van der Waals surface area (Å²) in [5.41, 5.74) is 3.38. The third-order valence-electron chi connectivity index (χ3n) is 3.10. The third kappa shape index (κ3) is 1.83. The lowest BCUT2D eigenvalue weighted by Crippen LogP contribution is -2.15. The summed E-state index contributed by atoms with van der Waals surface area (Å²) in [4.78, 5) is 0. The Morgan fingerprint density at radius 2 is 1.94 bits per heavy atom. The normalized spacial score (nSPS) is 13.9. The molecule has 4 nitrogen and oxygen atoms in total. The molecule has 1 aromatic carbocycles. The van der Waals surface area contributed by atoms with Gasteiger partial charge in [0, 0.05) is 11.3 Å². The molecule has 1 N–H and O–H groups in total. The molecule has 2 heterocycles. The van der Waals surface area contributed by atoms with Gasteiger partial charge in [-0.25, -0.2) is 0 Å². The summed E-state index contributed by atoms with van der Waals surface area (Å²) in [6.45, 7) is 5.53. The Morgan fingerprint density at radius 1 is 1.17 bits per heavy atom. The summed E-state index contributed by atoms with van der Waals surface area (Å²) in [5.74, 6) is 2.05. The first-order valence-electron chi connectivity index (χ1n) is 6.19. The average Bonchev–Trinajstić information content (AvgIpc) is 2.87. The fourth-order valence-corrected chi connectivity index (χ4v) is 2.18. The summed E-state index contributed by atoms with van der Waals surface area (Å²) in [6, 6.07) is 6.02. The van der Waals surface area contributed by atoms with Crippen molar-refractivity contribution in [3.05, 3.63) is 30.1 Å². The van der Waals surface area contributed by atoms with Crippen molar-refractivity contribution in [2.45, 2.75) is 19.8 Å².